The van der Waals surface area contributed by atoms with E-state index in [4.69, 9.17) is 4.74 Å². The zero-order valence-corrected chi connectivity index (χ0v) is 31.8. The zero-order chi connectivity index (χ0) is 35.8. The molecule has 5 aliphatic rings. The van der Waals surface area contributed by atoms with Crippen molar-refractivity contribution in [3.8, 4) is 0 Å². The van der Waals surface area contributed by atoms with Crippen LogP contribution in [0.3, 0.4) is 0 Å². The second-order valence-electron chi connectivity index (χ2n) is 19.4. The van der Waals surface area contributed by atoms with Crippen LogP contribution in [0.2, 0.25) is 0 Å². The summed E-state index contributed by atoms with van der Waals surface area (Å²) in [6.07, 6.45) is 16.3. The van der Waals surface area contributed by atoms with Gasteiger partial charge in [0, 0.05) is 29.2 Å². The number of allylic oxidation sites excluding steroid dienone is 2. The smallest absolute Gasteiger partial charge is 0.309 e. The van der Waals surface area contributed by atoms with Crippen LogP contribution in [-0.4, -0.2) is 28.1 Å². The number of hydrogen-bond acceptors (Lipinski definition) is 5. The van der Waals surface area contributed by atoms with E-state index in [1.807, 2.05) is 24.5 Å². The monoisotopic (exact) mass is 672 g/mol. The number of aromatic nitrogens is 1. The van der Waals surface area contributed by atoms with Gasteiger partial charge < -0.3 is 15.2 Å². The van der Waals surface area contributed by atoms with E-state index >= 15 is 0 Å². The number of nitrogens with zero attached hydrogens (tertiary/aromatic N) is 1. The minimum Gasteiger partial charge on any atom is -0.481 e. The molecule has 2 N–H and O–H groups in total. The largest absolute Gasteiger partial charge is 0.481 e. The maximum atomic E-state index is 13.1. The first-order valence-corrected chi connectivity index (χ1v) is 19.2. The molecule has 0 spiro atoms. The second kappa shape index (κ2) is 12.3. The highest BCUT2D eigenvalue weighted by molar-refractivity contribution is 5.81. The van der Waals surface area contributed by atoms with Crippen LogP contribution < -0.4 is 5.32 Å². The topological polar surface area (TPSA) is 88.5 Å². The van der Waals surface area contributed by atoms with Gasteiger partial charge in [-0.25, -0.2) is 0 Å². The highest BCUT2D eigenvalue weighted by Crippen LogP contribution is 2.78. The Balaban J connectivity index is 1.25. The molecule has 6 heteroatoms. The molecule has 0 aliphatic heterocycles. The van der Waals surface area contributed by atoms with Crippen LogP contribution in [0, 0.1) is 62.1 Å². The van der Waals surface area contributed by atoms with Gasteiger partial charge in [-0.2, -0.15) is 0 Å². The summed E-state index contributed by atoms with van der Waals surface area (Å²) in [5.41, 5.74) is 3.19. The summed E-state index contributed by atoms with van der Waals surface area (Å²) in [6, 6.07) is 4.06. The van der Waals surface area contributed by atoms with Gasteiger partial charge in [-0.05, 0) is 155 Å². The van der Waals surface area contributed by atoms with E-state index in [1.54, 1.807) is 13.8 Å². The Labute approximate surface area is 296 Å². The van der Waals surface area contributed by atoms with Crippen molar-refractivity contribution in [3.63, 3.8) is 0 Å². The first-order valence-electron chi connectivity index (χ1n) is 19.2. The lowest BCUT2D eigenvalue weighted by molar-refractivity contribution is -0.250. The van der Waals surface area contributed by atoms with E-state index in [0.29, 0.717) is 29.6 Å². The third-order valence-corrected chi connectivity index (χ3v) is 16.2. The number of carbonyl (C=O) groups excluding carboxylic acids is 1. The SMILES string of the molecule is C=C(C[C@]12CC[C@@H](C(=C)C)[C@@H]1[C@H]1CC[C@@H]3[C@@]4(C)CC[C@H](OC(=O)CC(C)(C)C(=O)O)C(C)(C)[C@@H]4CC[C@@]3(C)[C@]1(C)CC2)Nc1ccncc1. The molecule has 0 saturated heterocycles. The van der Waals surface area contributed by atoms with E-state index in [0.717, 1.165) is 37.1 Å². The predicted molar refractivity (Wildman–Crippen MR) is 196 cm³/mol. The van der Waals surface area contributed by atoms with E-state index < -0.39 is 11.4 Å². The molecule has 0 bridgehead atoms. The number of aliphatic carboxylic acids is 1. The Kier molecular flexibility index (Phi) is 9.05. The third kappa shape index (κ3) is 5.70. The van der Waals surface area contributed by atoms with Crippen molar-refractivity contribution >= 4 is 17.6 Å². The van der Waals surface area contributed by atoms with Gasteiger partial charge in [-0.15, -0.1) is 0 Å². The maximum Gasteiger partial charge on any atom is 0.309 e. The van der Waals surface area contributed by atoms with Gasteiger partial charge in [0.2, 0.25) is 0 Å². The molecule has 6 rings (SSSR count). The molecule has 5 saturated carbocycles. The summed E-state index contributed by atoms with van der Waals surface area (Å²) in [4.78, 5) is 29.0. The minimum atomic E-state index is -1.13. The van der Waals surface area contributed by atoms with E-state index in [-0.39, 0.29) is 45.6 Å². The molecular weight excluding hydrogens is 608 g/mol. The molecule has 6 nitrogen and oxygen atoms in total. The number of pyridine rings is 1. The van der Waals surface area contributed by atoms with E-state index in [9.17, 15) is 14.7 Å². The molecule has 0 unspecified atom stereocenters. The van der Waals surface area contributed by atoms with Gasteiger partial charge in [0.1, 0.15) is 6.10 Å². The number of rotatable bonds is 9. The lowest BCUT2D eigenvalue weighted by Crippen LogP contribution is -2.66. The van der Waals surface area contributed by atoms with Gasteiger partial charge in [-0.3, -0.25) is 14.6 Å². The van der Waals surface area contributed by atoms with Crippen molar-refractivity contribution in [2.24, 2.45) is 62.1 Å². The molecule has 10 atom stereocenters. The number of esters is 1. The molecule has 5 aliphatic carbocycles. The number of carboxylic acid groups (broad SMARTS) is 1. The minimum absolute atomic E-state index is 0.0989. The van der Waals surface area contributed by atoms with E-state index in [1.165, 1.54) is 50.5 Å². The highest BCUT2D eigenvalue weighted by Gasteiger charge is 2.71. The summed E-state index contributed by atoms with van der Waals surface area (Å²) in [5, 5.41) is 13.2. The quantitative estimate of drug-likeness (QED) is 0.200. The Morgan fingerprint density at radius 1 is 0.918 bits per heavy atom. The van der Waals surface area contributed by atoms with Crippen LogP contribution in [0.5, 0.6) is 0 Å². The van der Waals surface area contributed by atoms with Crippen molar-refractivity contribution in [2.75, 3.05) is 5.32 Å². The van der Waals surface area contributed by atoms with Crippen LogP contribution >= 0.6 is 0 Å². The summed E-state index contributed by atoms with van der Waals surface area (Å²) >= 11 is 0. The van der Waals surface area contributed by atoms with Crippen LogP contribution in [0.1, 0.15) is 132 Å². The predicted octanol–water partition coefficient (Wildman–Crippen LogP) is 10.5. The Bertz CT molecular complexity index is 1480. The fourth-order valence-electron chi connectivity index (χ4n) is 13.5. The normalized spacial score (nSPS) is 40.9. The van der Waals surface area contributed by atoms with Crippen molar-refractivity contribution in [3.05, 3.63) is 49.0 Å². The number of carboxylic acids is 1. The summed E-state index contributed by atoms with van der Waals surface area (Å²) in [5.74, 6) is 1.61. The van der Waals surface area contributed by atoms with Crippen LogP contribution in [0.15, 0.2) is 49.0 Å². The molecule has 270 valence electrons. The van der Waals surface area contributed by atoms with Crippen molar-refractivity contribution < 1.29 is 19.4 Å². The van der Waals surface area contributed by atoms with Gasteiger partial charge in [0.15, 0.2) is 0 Å². The Morgan fingerprint density at radius 2 is 1.61 bits per heavy atom. The second-order valence-corrected chi connectivity index (χ2v) is 19.4. The number of nitrogens with one attached hydrogen (secondary N) is 1. The van der Waals surface area contributed by atoms with Gasteiger partial charge in [-0.1, -0.05) is 53.3 Å². The molecule has 0 amide bonds. The van der Waals surface area contributed by atoms with Crippen LogP contribution in [0.4, 0.5) is 5.69 Å². The molecular formula is C43H64N2O4. The molecule has 1 aromatic rings. The lowest BCUT2D eigenvalue weighted by atomic mass is 9.32. The van der Waals surface area contributed by atoms with Crippen molar-refractivity contribution in [1.29, 1.82) is 0 Å². The fourth-order valence-corrected chi connectivity index (χ4v) is 13.5. The fraction of sp³-hybridized carbons (Fsp3) is 0.744. The number of hydrogen-bond donors (Lipinski definition) is 2. The van der Waals surface area contributed by atoms with Crippen molar-refractivity contribution in [1.82, 2.24) is 4.98 Å². The van der Waals surface area contributed by atoms with E-state index in [2.05, 4.69) is 65.0 Å². The molecule has 0 radical (unpaired) electrons. The molecule has 1 heterocycles. The summed E-state index contributed by atoms with van der Waals surface area (Å²) in [6.45, 7) is 27.3. The highest BCUT2D eigenvalue weighted by atomic mass is 16.5. The van der Waals surface area contributed by atoms with Gasteiger partial charge in [0.05, 0.1) is 11.8 Å². The molecule has 1 aromatic heterocycles. The van der Waals surface area contributed by atoms with Crippen molar-refractivity contribution in [2.45, 2.75) is 139 Å². The standard InChI is InChI=1S/C43H64N2O4/c1-27(2)30-13-20-43(25-28(3)45-29-16-23-44-24-17-29)22-21-41(9)31(36(30)43)11-12-33-40(8)18-15-34(49-35(46)26-38(4,5)37(47)48)39(6,7)32(40)14-19-42(33,41)10/h16-17,23-24,30-34,36H,1,3,11-15,18-22,25-26H2,2,4-10H3,(H,44,45)(H,47,48)/t30-,31+,32-,33+,34-,36+,40-,41+,42+,43+/m0/s1. The Hall–Kier alpha value is -2.63. The molecule has 0 aromatic carbocycles. The number of ether oxygens (including phenoxy) is 1. The molecule has 49 heavy (non-hydrogen) atoms. The first-order chi connectivity index (χ1) is 22.8. The third-order valence-electron chi connectivity index (χ3n) is 16.2. The Morgan fingerprint density at radius 3 is 2.27 bits per heavy atom. The van der Waals surface area contributed by atoms with Crippen LogP contribution in [-0.2, 0) is 14.3 Å². The first kappa shape index (κ1) is 36.2. The summed E-state index contributed by atoms with van der Waals surface area (Å²) < 4.78 is 6.19. The van der Waals surface area contributed by atoms with Gasteiger partial charge in [0.25, 0.3) is 0 Å². The zero-order valence-electron chi connectivity index (χ0n) is 31.8. The summed E-state index contributed by atoms with van der Waals surface area (Å²) in [7, 11) is 0. The maximum absolute atomic E-state index is 13.1. The average Bonchev–Trinajstić information content (AvgIpc) is 3.38. The number of carbonyl (C=O) groups is 2. The lowest BCUT2D eigenvalue weighted by Gasteiger charge is -2.73. The number of anilines is 1. The van der Waals surface area contributed by atoms with Crippen LogP contribution in [0.25, 0.3) is 0 Å². The molecule has 5 fully saturated rings. The average molecular weight is 673 g/mol. The van der Waals surface area contributed by atoms with Gasteiger partial charge >= 0.3 is 11.9 Å². The number of fused-ring (bicyclic) bond motifs is 7.